The van der Waals surface area contributed by atoms with Crippen molar-refractivity contribution < 1.29 is 14.6 Å². The lowest BCUT2D eigenvalue weighted by Crippen LogP contribution is -2.05. The van der Waals surface area contributed by atoms with Gasteiger partial charge in [0, 0.05) is 18.5 Å². The second-order valence-electron chi connectivity index (χ2n) is 3.50. The van der Waals surface area contributed by atoms with Crippen molar-refractivity contribution in [1.29, 1.82) is 0 Å². The van der Waals surface area contributed by atoms with Gasteiger partial charge in [0.2, 0.25) is 0 Å². The van der Waals surface area contributed by atoms with Crippen LogP contribution in [0.3, 0.4) is 0 Å². The summed E-state index contributed by atoms with van der Waals surface area (Å²) in [5.41, 5.74) is 0.851. The van der Waals surface area contributed by atoms with Gasteiger partial charge in [0.15, 0.2) is 0 Å². The molecule has 1 aromatic carbocycles. The molecule has 5 heteroatoms. The highest BCUT2D eigenvalue weighted by Gasteiger charge is 2.12. The lowest BCUT2D eigenvalue weighted by molar-refractivity contribution is 0.0698. The zero-order chi connectivity index (χ0) is 12.4. The van der Waals surface area contributed by atoms with Gasteiger partial charge in [-0.3, -0.25) is 0 Å². The number of nitrogens with one attached hydrogen (secondary N) is 1. The molecule has 0 unspecified atom stereocenters. The van der Waals surface area contributed by atoms with Crippen molar-refractivity contribution in [3.63, 3.8) is 0 Å². The van der Waals surface area contributed by atoms with E-state index >= 15 is 0 Å². The smallest absolute Gasteiger partial charge is 0.339 e. The molecular weight excluding hydrogens is 220 g/mol. The molecule has 5 nitrogen and oxygen atoms in total. The van der Waals surface area contributed by atoms with Crippen LogP contribution < -0.4 is 10.1 Å². The van der Waals surface area contributed by atoms with Crippen LogP contribution in [0.1, 0.15) is 10.4 Å². The van der Waals surface area contributed by atoms with Gasteiger partial charge in [-0.15, -0.1) is 0 Å². The van der Waals surface area contributed by atoms with Crippen LogP contribution in [-0.4, -0.2) is 30.2 Å². The van der Waals surface area contributed by atoms with Crippen LogP contribution in [-0.2, 0) is 0 Å². The molecule has 0 atom stereocenters. The topological polar surface area (TPSA) is 71.5 Å². The fourth-order valence-electron chi connectivity index (χ4n) is 1.63. The van der Waals surface area contributed by atoms with Gasteiger partial charge in [-0.1, -0.05) is 0 Å². The normalized spacial score (nSPS) is 10.2. The Labute approximate surface area is 98.0 Å². The van der Waals surface area contributed by atoms with Crippen LogP contribution in [0, 0.1) is 0 Å². The summed E-state index contributed by atoms with van der Waals surface area (Å²) in [5, 5.41) is 12.6. The molecule has 0 aliphatic rings. The summed E-state index contributed by atoms with van der Waals surface area (Å²) >= 11 is 0. The third kappa shape index (κ3) is 1.99. The van der Waals surface area contributed by atoms with Gasteiger partial charge in [0.1, 0.15) is 17.1 Å². The van der Waals surface area contributed by atoms with E-state index in [9.17, 15) is 4.79 Å². The summed E-state index contributed by atoms with van der Waals surface area (Å²) in [6, 6.07) is 6.92. The highest BCUT2D eigenvalue weighted by Crippen LogP contribution is 2.23. The maximum Gasteiger partial charge on any atom is 0.339 e. The minimum Gasteiger partial charge on any atom is -0.497 e. The van der Waals surface area contributed by atoms with E-state index in [2.05, 4.69) is 10.3 Å². The van der Waals surface area contributed by atoms with Crippen LogP contribution in [0.2, 0.25) is 0 Å². The molecular formula is C12H12N2O3. The number of aromatic nitrogens is 1. The van der Waals surface area contributed by atoms with Crippen molar-refractivity contribution in [3.8, 4) is 5.75 Å². The molecule has 1 aromatic heterocycles. The molecule has 0 aliphatic heterocycles. The third-order valence-electron chi connectivity index (χ3n) is 2.49. The van der Waals surface area contributed by atoms with Crippen LogP contribution >= 0.6 is 0 Å². The first-order valence-corrected chi connectivity index (χ1v) is 5.05. The summed E-state index contributed by atoms with van der Waals surface area (Å²) in [6.45, 7) is 0. The zero-order valence-electron chi connectivity index (χ0n) is 9.52. The SMILES string of the molecule is CNc1nc2cc(OC)ccc2cc1C(=O)O. The summed E-state index contributed by atoms with van der Waals surface area (Å²) in [5.74, 6) is 0.0351. The first-order valence-electron chi connectivity index (χ1n) is 5.05. The third-order valence-corrected chi connectivity index (χ3v) is 2.49. The van der Waals surface area contributed by atoms with Gasteiger partial charge in [-0.05, 0) is 18.2 Å². The lowest BCUT2D eigenvalue weighted by Gasteiger charge is -2.07. The molecule has 0 bridgehead atoms. The van der Waals surface area contributed by atoms with E-state index in [4.69, 9.17) is 9.84 Å². The molecule has 0 saturated heterocycles. The highest BCUT2D eigenvalue weighted by molar-refractivity contribution is 5.98. The van der Waals surface area contributed by atoms with Crippen LogP contribution in [0.5, 0.6) is 5.75 Å². The number of ether oxygens (including phenoxy) is 1. The summed E-state index contributed by atoms with van der Waals surface area (Å²) in [7, 11) is 3.21. The van der Waals surface area contributed by atoms with Crippen molar-refractivity contribution in [3.05, 3.63) is 29.8 Å². The van der Waals surface area contributed by atoms with E-state index in [1.54, 1.807) is 38.4 Å². The average Bonchev–Trinajstić information content (AvgIpc) is 2.36. The van der Waals surface area contributed by atoms with Gasteiger partial charge < -0.3 is 15.2 Å². The van der Waals surface area contributed by atoms with E-state index in [1.165, 1.54) is 0 Å². The van der Waals surface area contributed by atoms with Gasteiger partial charge in [0.25, 0.3) is 0 Å². The van der Waals surface area contributed by atoms with E-state index < -0.39 is 5.97 Å². The summed E-state index contributed by atoms with van der Waals surface area (Å²) in [6.07, 6.45) is 0. The number of nitrogens with zero attached hydrogens (tertiary/aromatic N) is 1. The largest absolute Gasteiger partial charge is 0.497 e. The number of methoxy groups -OCH3 is 1. The number of aromatic carboxylic acids is 1. The second-order valence-corrected chi connectivity index (χ2v) is 3.50. The number of carbonyl (C=O) groups is 1. The van der Waals surface area contributed by atoms with Crippen molar-refractivity contribution in [2.75, 3.05) is 19.5 Å². The number of carboxylic acid groups (broad SMARTS) is 1. The Hall–Kier alpha value is -2.30. The van der Waals surface area contributed by atoms with Crippen molar-refractivity contribution in [2.45, 2.75) is 0 Å². The summed E-state index contributed by atoms with van der Waals surface area (Å²) < 4.78 is 5.10. The number of benzene rings is 1. The fraction of sp³-hybridized carbons (Fsp3) is 0.167. The van der Waals surface area contributed by atoms with E-state index in [-0.39, 0.29) is 5.56 Å². The Morgan fingerprint density at radius 1 is 1.41 bits per heavy atom. The van der Waals surface area contributed by atoms with E-state index in [0.29, 0.717) is 17.1 Å². The molecule has 2 aromatic rings. The maximum absolute atomic E-state index is 11.0. The van der Waals surface area contributed by atoms with Crippen molar-refractivity contribution in [1.82, 2.24) is 4.98 Å². The number of carboxylic acids is 1. The Kier molecular flexibility index (Phi) is 2.82. The zero-order valence-corrected chi connectivity index (χ0v) is 9.52. The number of fused-ring (bicyclic) bond motifs is 1. The quantitative estimate of drug-likeness (QED) is 0.846. The molecule has 0 aliphatic carbocycles. The lowest BCUT2D eigenvalue weighted by atomic mass is 10.1. The molecule has 2 N–H and O–H groups in total. The Bertz CT molecular complexity index is 581. The molecule has 2 rings (SSSR count). The molecule has 0 amide bonds. The Morgan fingerprint density at radius 3 is 2.76 bits per heavy atom. The summed E-state index contributed by atoms with van der Waals surface area (Å²) in [4.78, 5) is 15.3. The minimum absolute atomic E-state index is 0.158. The van der Waals surface area contributed by atoms with Gasteiger partial charge in [-0.2, -0.15) is 0 Å². The second kappa shape index (κ2) is 4.29. The molecule has 0 fully saturated rings. The van der Waals surface area contributed by atoms with Crippen LogP contribution in [0.4, 0.5) is 5.82 Å². The first kappa shape index (κ1) is 11.2. The van der Waals surface area contributed by atoms with Gasteiger partial charge >= 0.3 is 5.97 Å². The monoisotopic (exact) mass is 232 g/mol. The molecule has 1 heterocycles. The number of hydrogen-bond acceptors (Lipinski definition) is 4. The number of anilines is 1. The van der Waals surface area contributed by atoms with Gasteiger partial charge in [0.05, 0.1) is 12.6 Å². The number of rotatable bonds is 3. The Morgan fingerprint density at radius 2 is 2.18 bits per heavy atom. The molecule has 0 radical (unpaired) electrons. The minimum atomic E-state index is -1.00. The maximum atomic E-state index is 11.0. The molecule has 0 saturated carbocycles. The first-order chi connectivity index (χ1) is 8.15. The van der Waals surface area contributed by atoms with E-state index in [1.807, 2.05) is 0 Å². The average molecular weight is 232 g/mol. The standard InChI is InChI=1S/C12H12N2O3/c1-13-11-9(12(15)16)5-7-3-4-8(17-2)6-10(7)14-11/h3-6H,1-2H3,(H,13,14)(H,15,16). The van der Waals surface area contributed by atoms with Crippen molar-refractivity contribution >= 4 is 22.7 Å². The predicted octanol–water partition coefficient (Wildman–Crippen LogP) is 1.98. The van der Waals surface area contributed by atoms with Crippen LogP contribution in [0.15, 0.2) is 24.3 Å². The Balaban J connectivity index is 2.69. The number of pyridine rings is 1. The molecule has 0 spiro atoms. The fourth-order valence-corrected chi connectivity index (χ4v) is 1.63. The molecule has 17 heavy (non-hydrogen) atoms. The highest BCUT2D eigenvalue weighted by atomic mass is 16.5. The van der Waals surface area contributed by atoms with E-state index in [0.717, 1.165) is 5.39 Å². The molecule has 88 valence electrons. The van der Waals surface area contributed by atoms with Crippen molar-refractivity contribution in [2.24, 2.45) is 0 Å². The predicted molar refractivity (Wildman–Crippen MR) is 64.8 cm³/mol. The number of hydrogen-bond donors (Lipinski definition) is 2. The van der Waals surface area contributed by atoms with Crippen LogP contribution in [0.25, 0.3) is 10.9 Å². The van der Waals surface area contributed by atoms with Gasteiger partial charge in [-0.25, -0.2) is 9.78 Å².